The van der Waals surface area contributed by atoms with Crippen LogP contribution in [0, 0.1) is 5.92 Å². The lowest BCUT2D eigenvalue weighted by Gasteiger charge is -2.15. The molecule has 0 aliphatic carbocycles. The van der Waals surface area contributed by atoms with E-state index in [9.17, 15) is 0 Å². The quantitative estimate of drug-likeness (QED) is 0.685. The topological polar surface area (TPSA) is 18.5 Å². The minimum absolute atomic E-state index is 0.0758. The van der Waals surface area contributed by atoms with Gasteiger partial charge in [-0.25, -0.2) is 0 Å². The van der Waals surface area contributed by atoms with E-state index in [0.29, 0.717) is 0 Å². The maximum Gasteiger partial charge on any atom is 0.158 e. The number of hydrogen-bond acceptors (Lipinski definition) is 3. The highest BCUT2D eigenvalue weighted by Crippen LogP contribution is 2.21. The van der Waals surface area contributed by atoms with Gasteiger partial charge in [0.05, 0.1) is 13.2 Å². The summed E-state index contributed by atoms with van der Waals surface area (Å²) in [6, 6.07) is 0. The van der Waals surface area contributed by atoms with Crippen molar-refractivity contribution in [3.63, 3.8) is 0 Å². The smallest absolute Gasteiger partial charge is 0.158 e. The van der Waals surface area contributed by atoms with E-state index in [1.54, 1.807) is 0 Å². The van der Waals surface area contributed by atoms with Crippen molar-refractivity contribution in [1.82, 2.24) is 0 Å². The fourth-order valence-corrected chi connectivity index (χ4v) is 2.20. The zero-order valence-electron chi connectivity index (χ0n) is 8.79. The highest BCUT2D eigenvalue weighted by Gasteiger charge is 2.16. The van der Waals surface area contributed by atoms with Crippen LogP contribution in [0.4, 0.5) is 0 Å². The highest BCUT2D eigenvalue weighted by molar-refractivity contribution is 7.99. The van der Waals surface area contributed by atoms with E-state index in [1.165, 1.54) is 0 Å². The molecule has 0 spiro atoms. The van der Waals surface area contributed by atoms with Gasteiger partial charge >= 0.3 is 0 Å². The van der Waals surface area contributed by atoms with Crippen LogP contribution < -0.4 is 0 Å². The average Bonchev–Trinajstić information content (AvgIpc) is 2.56. The first-order chi connectivity index (χ1) is 6.20. The molecule has 0 bridgehead atoms. The number of rotatable bonds is 5. The minimum atomic E-state index is 0.0758. The van der Waals surface area contributed by atoms with E-state index in [2.05, 4.69) is 20.8 Å². The van der Waals surface area contributed by atoms with E-state index in [1.807, 2.05) is 11.8 Å². The fraction of sp³-hybridized carbons (Fsp3) is 1.00. The first-order valence-corrected chi connectivity index (χ1v) is 6.10. The van der Waals surface area contributed by atoms with E-state index in [4.69, 9.17) is 9.47 Å². The molecule has 0 radical (unpaired) electrons. The van der Waals surface area contributed by atoms with Gasteiger partial charge in [-0.2, -0.15) is 11.8 Å². The predicted octanol–water partition coefficient (Wildman–Crippen LogP) is 2.53. The summed E-state index contributed by atoms with van der Waals surface area (Å²) in [7, 11) is 0. The summed E-state index contributed by atoms with van der Waals surface area (Å²) >= 11 is 2.01. The van der Waals surface area contributed by atoms with E-state index in [-0.39, 0.29) is 6.29 Å². The maximum absolute atomic E-state index is 5.36. The van der Waals surface area contributed by atoms with E-state index < -0.39 is 0 Å². The number of thioether (sulfide) groups is 1. The molecular formula is C10H20O2S. The van der Waals surface area contributed by atoms with Crippen LogP contribution in [0.1, 0.15) is 27.2 Å². The summed E-state index contributed by atoms with van der Waals surface area (Å²) < 4.78 is 10.7. The van der Waals surface area contributed by atoms with Crippen LogP contribution in [-0.4, -0.2) is 30.5 Å². The molecule has 13 heavy (non-hydrogen) atoms. The van der Waals surface area contributed by atoms with Gasteiger partial charge in [-0.05, 0) is 11.7 Å². The largest absolute Gasteiger partial charge is 0.350 e. The molecule has 78 valence electrons. The van der Waals surface area contributed by atoms with Crippen LogP contribution in [0.25, 0.3) is 0 Å². The van der Waals surface area contributed by atoms with Crippen molar-refractivity contribution in [1.29, 1.82) is 0 Å². The molecule has 1 fully saturated rings. The van der Waals surface area contributed by atoms with Crippen molar-refractivity contribution >= 4 is 11.8 Å². The van der Waals surface area contributed by atoms with Gasteiger partial charge in [-0.3, -0.25) is 0 Å². The Morgan fingerprint density at radius 3 is 2.38 bits per heavy atom. The fourth-order valence-electron chi connectivity index (χ4n) is 1.12. The molecule has 0 saturated carbocycles. The molecule has 2 nitrogen and oxygen atoms in total. The molecule has 1 heterocycles. The summed E-state index contributed by atoms with van der Waals surface area (Å²) in [5.41, 5.74) is 0. The lowest BCUT2D eigenvalue weighted by molar-refractivity contribution is -0.0421. The van der Waals surface area contributed by atoms with Crippen LogP contribution in [0.15, 0.2) is 0 Å². The maximum atomic E-state index is 5.36. The number of ether oxygens (including phenoxy) is 2. The summed E-state index contributed by atoms with van der Waals surface area (Å²) in [5, 5.41) is 0.737. The SMILES string of the molecule is CC(C)C(C)SCCC1OCCO1. The van der Waals surface area contributed by atoms with Crippen molar-refractivity contribution in [3.8, 4) is 0 Å². The van der Waals surface area contributed by atoms with Crippen molar-refractivity contribution in [2.24, 2.45) is 5.92 Å². The molecule has 0 N–H and O–H groups in total. The molecule has 0 aromatic carbocycles. The summed E-state index contributed by atoms with van der Waals surface area (Å²) in [6.07, 6.45) is 1.11. The lowest BCUT2D eigenvalue weighted by Crippen LogP contribution is -2.11. The third-order valence-electron chi connectivity index (χ3n) is 2.36. The van der Waals surface area contributed by atoms with Crippen molar-refractivity contribution in [2.45, 2.75) is 38.7 Å². The first-order valence-electron chi connectivity index (χ1n) is 5.05. The summed E-state index contributed by atoms with van der Waals surface area (Å²) in [5.74, 6) is 1.90. The summed E-state index contributed by atoms with van der Waals surface area (Å²) in [6.45, 7) is 8.36. The normalized spacial score (nSPS) is 21.2. The van der Waals surface area contributed by atoms with Gasteiger partial charge in [0.1, 0.15) is 0 Å². The predicted molar refractivity (Wildman–Crippen MR) is 57.1 cm³/mol. The standard InChI is InChI=1S/C10H20O2S/c1-8(2)9(3)13-7-4-10-11-5-6-12-10/h8-10H,4-7H2,1-3H3. The molecule has 1 unspecified atom stereocenters. The zero-order chi connectivity index (χ0) is 9.68. The van der Waals surface area contributed by atoms with Crippen molar-refractivity contribution in [3.05, 3.63) is 0 Å². The second-order valence-electron chi connectivity index (χ2n) is 3.78. The zero-order valence-corrected chi connectivity index (χ0v) is 9.60. The third-order valence-corrected chi connectivity index (χ3v) is 3.91. The molecule has 1 saturated heterocycles. The monoisotopic (exact) mass is 204 g/mol. The second-order valence-corrected chi connectivity index (χ2v) is 5.26. The van der Waals surface area contributed by atoms with Gasteiger partial charge in [-0.1, -0.05) is 20.8 Å². The van der Waals surface area contributed by atoms with E-state index >= 15 is 0 Å². The minimum Gasteiger partial charge on any atom is -0.350 e. The molecule has 0 aromatic heterocycles. The average molecular weight is 204 g/mol. The first kappa shape index (κ1) is 11.3. The Bertz CT molecular complexity index is 131. The van der Waals surface area contributed by atoms with Gasteiger partial charge in [0, 0.05) is 11.7 Å². The van der Waals surface area contributed by atoms with Crippen LogP contribution in [0.5, 0.6) is 0 Å². The van der Waals surface area contributed by atoms with Crippen LogP contribution in [0.2, 0.25) is 0 Å². The van der Waals surface area contributed by atoms with E-state index in [0.717, 1.165) is 36.6 Å². The van der Waals surface area contributed by atoms with Crippen molar-refractivity contribution in [2.75, 3.05) is 19.0 Å². The Morgan fingerprint density at radius 2 is 1.85 bits per heavy atom. The molecular weight excluding hydrogens is 184 g/mol. The molecule has 3 heteroatoms. The Kier molecular flexibility index (Phi) is 5.14. The molecule has 0 aromatic rings. The number of hydrogen-bond donors (Lipinski definition) is 0. The van der Waals surface area contributed by atoms with Crippen molar-refractivity contribution < 1.29 is 9.47 Å². The molecule has 1 aliphatic rings. The Labute approximate surface area is 85.4 Å². The van der Waals surface area contributed by atoms with Crippen LogP contribution in [-0.2, 0) is 9.47 Å². The molecule has 1 rings (SSSR count). The third kappa shape index (κ3) is 4.34. The molecule has 1 atom stereocenters. The molecule has 1 aliphatic heterocycles. The Balaban J connectivity index is 1.99. The van der Waals surface area contributed by atoms with Gasteiger partial charge in [0.25, 0.3) is 0 Å². The van der Waals surface area contributed by atoms with Crippen LogP contribution >= 0.6 is 11.8 Å². The second kappa shape index (κ2) is 5.89. The van der Waals surface area contributed by atoms with Gasteiger partial charge in [0.2, 0.25) is 0 Å². The Hall–Kier alpha value is 0.270. The Morgan fingerprint density at radius 1 is 1.23 bits per heavy atom. The van der Waals surface area contributed by atoms with Gasteiger partial charge in [-0.15, -0.1) is 0 Å². The highest BCUT2D eigenvalue weighted by atomic mass is 32.2. The van der Waals surface area contributed by atoms with Gasteiger partial charge < -0.3 is 9.47 Å². The summed E-state index contributed by atoms with van der Waals surface area (Å²) in [4.78, 5) is 0. The lowest BCUT2D eigenvalue weighted by atomic mass is 10.2. The van der Waals surface area contributed by atoms with Crippen LogP contribution in [0.3, 0.4) is 0 Å². The molecule has 0 amide bonds. The van der Waals surface area contributed by atoms with Gasteiger partial charge in [0.15, 0.2) is 6.29 Å².